The van der Waals surface area contributed by atoms with E-state index < -0.39 is 0 Å². The summed E-state index contributed by atoms with van der Waals surface area (Å²) >= 11 is 0. The summed E-state index contributed by atoms with van der Waals surface area (Å²) in [5.41, 5.74) is 4.70. The Bertz CT molecular complexity index is 1030. The highest BCUT2D eigenvalue weighted by molar-refractivity contribution is 5.68. The van der Waals surface area contributed by atoms with E-state index in [0.29, 0.717) is 35.9 Å². The lowest BCUT2D eigenvalue weighted by Gasteiger charge is -2.14. The highest BCUT2D eigenvalue weighted by atomic mass is 16.3. The number of aliphatic hydroxyl groups is 2. The number of rotatable bonds is 7. The molecule has 6 nitrogen and oxygen atoms in total. The molecule has 2 N–H and O–H groups in total. The third kappa shape index (κ3) is 4.25. The standard InChI is InChI=1S/C24H22N4O2/c29-13-11-19-15-25-23(17-7-3-1-4-8-17)27-21(19)22-20(12-14-30)16-26-24(28-22)18-9-5-2-6-10-18/h1-10,15-16,29-30H,11-14H2. The molecule has 2 aromatic carbocycles. The Morgan fingerprint density at radius 2 is 0.967 bits per heavy atom. The summed E-state index contributed by atoms with van der Waals surface area (Å²) in [5.74, 6) is 1.17. The van der Waals surface area contributed by atoms with Gasteiger partial charge in [-0.15, -0.1) is 0 Å². The minimum Gasteiger partial charge on any atom is -0.396 e. The minimum absolute atomic E-state index is 0.0208. The first kappa shape index (κ1) is 19.8. The molecule has 0 spiro atoms. The average molecular weight is 398 g/mol. The van der Waals surface area contributed by atoms with Gasteiger partial charge in [-0.3, -0.25) is 0 Å². The van der Waals surface area contributed by atoms with Crippen LogP contribution in [0.5, 0.6) is 0 Å². The van der Waals surface area contributed by atoms with Crippen molar-refractivity contribution in [3.63, 3.8) is 0 Å². The fourth-order valence-corrected chi connectivity index (χ4v) is 3.28. The molecular formula is C24H22N4O2. The van der Waals surface area contributed by atoms with E-state index in [1.807, 2.05) is 60.7 Å². The summed E-state index contributed by atoms with van der Waals surface area (Å²) in [4.78, 5) is 18.6. The Morgan fingerprint density at radius 3 is 1.33 bits per heavy atom. The first-order valence-corrected chi connectivity index (χ1v) is 9.85. The van der Waals surface area contributed by atoms with Crippen LogP contribution in [-0.4, -0.2) is 43.4 Å². The molecular weight excluding hydrogens is 376 g/mol. The van der Waals surface area contributed by atoms with Crippen molar-refractivity contribution in [3.8, 4) is 34.2 Å². The van der Waals surface area contributed by atoms with Crippen molar-refractivity contribution in [2.45, 2.75) is 12.8 Å². The van der Waals surface area contributed by atoms with E-state index in [2.05, 4.69) is 9.97 Å². The van der Waals surface area contributed by atoms with Gasteiger partial charge in [-0.2, -0.15) is 0 Å². The first-order chi connectivity index (χ1) is 14.8. The third-order valence-corrected chi connectivity index (χ3v) is 4.78. The molecule has 0 atom stereocenters. The molecule has 150 valence electrons. The van der Waals surface area contributed by atoms with Crippen LogP contribution in [0.3, 0.4) is 0 Å². The normalized spacial score (nSPS) is 10.9. The number of aliphatic hydroxyl groups excluding tert-OH is 2. The maximum absolute atomic E-state index is 9.55. The second kappa shape index (κ2) is 9.35. The molecule has 0 aliphatic heterocycles. The lowest BCUT2D eigenvalue weighted by Crippen LogP contribution is -2.07. The molecule has 4 rings (SSSR count). The summed E-state index contributed by atoms with van der Waals surface area (Å²) in [7, 11) is 0. The third-order valence-electron chi connectivity index (χ3n) is 4.78. The predicted molar refractivity (Wildman–Crippen MR) is 116 cm³/mol. The van der Waals surface area contributed by atoms with Crippen molar-refractivity contribution < 1.29 is 10.2 Å². The van der Waals surface area contributed by atoms with Gasteiger partial charge in [-0.25, -0.2) is 19.9 Å². The summed E-state index contributed by atoms with van der Waals surface area (Å²) in [6.07, 6.45) is 4.31. The molecule has 0 amide bonds. The lowest BCUT2D eigenvalue weighted by molar-refractivity contribution is 0.298. The molecule has 0 unspecified atom stereocenters. The fraction of sp³-hybridized carbons (Fsp3) is 0.167. The number of benzene rings is 2. The van der Waals surface area contributed by atoms with E-state index in [0.717, 1.165) is 22.3 Å². The quantitative estimate of drug-likeness (QED) is 0.496. The summed E-state index contributed by atoms with van der Waals surface area (Å²) in [5, 5.41) is 19.1. The van der Waals surface area contributed by atoms with Crippen LogP contribution in [0.2, 0.25) is 0 Å². The topological polar surface area (TPSA) is 92.0 Å². The molecule has 0 bridgehead atoms. The van der Waals surface area contributed by atoms with Crippen LogP contribution in [0.1, 0.15) is 11.1 Å². The Labute approximate surface area is 175 Å². The Morgan fingerprint density at radius 1 is 0.567 bits per heavy atom. The van der Waals surface area contributed by atoms with Crippen molar-refractivity contribution in [2.24, 2.45) is 0 Å². The largest absolute Gasteiger partial charge is 0.396 e. The molecule has 0 aliphatic rings. The van der Waals surface area contributed by atoms with E-state index in [-0.39, 0.29) is 13.2 Å². The summed E-state index contributed by atoms with van der Waals surface area (Å²) in [6.45, 7) is -0.0417. The highest BCUT2D eigenvalue weighted by Crippen LogP contribution is 2.28. The second-order valence-corrected chi connectivity index (χ2v) is 6.81. The van der Waals surface area contributed by atoms with Gasteiger partial charge in [0.15, 0.2) is 11.6 Å². The van der Waals surface area contributed by atoms with Crippen molar-refractivity contribution in [3.05, 3.63) is 84.2 Å². The zero-order valence-electron chi connectivity index (χ0n) is 16.4. The Kier molecular flexibility index (Phi) is 6.17. The van der Waals surface area contributed by atoms with E-state index in [9.17, 15) is 10.2 Å². The van der Waals surface area contributed by atoms with Crippen molar-refractivity contribution in [1.82, 2.24) is 19.9 Å². The van der Waals surface area contributed by atoms with Gasteiger partial charge in [0.25, 0.3) is 0 Å². The van der Waals surface area contributed by atoms with Crippen LogP contribution in [-0.2, 0) is 12.8 Å². The zero-order valence-corrected chi connectivity index (χ0v) is 16.4. The van der Waals surface area contributed by atoms with Gasteiger partial charge in [0.2, 0.25) is 0 Å². The monoisotopic (exact) mass is 398 g/mol. The summed E-state index contributed by atoms with van der Waals surface area (Å²) in [6, 6.07) is 19.5. The average Bonchev–Trinajstić information content (AvgIpc) is 2.81. The van der Waals surface area contributed by atoms with Gasteiger partial charge in [-0.05, 0) is 12.8 Å². The van der Waals surface area contributed by atoms with Gasteiger partial charge >= 0.3 is 0 Å². The molecule has 2 aromatic heterocycles. The SMILES string of the molecule is OCCc1cnc(-c2ccccc2)nc1-c1nc(-c2ccccc2)ncc1CCO. The van der Waals surface area contributed by atoms with Gasteiger partial charge in [0.1, 0.15) is 0 Å². The second-order valence-electron chi connectivity index (χ2n) is 6.81. The summed E-state index contributed by atoms with van der Waals surface area (Å²) < 4.78 is 0. The number of hydrogen-bond donors (Lipinski definition) is 2. The van der Waals surface area contributed by atoms with Crippen molar-refractivity contribution >= 4 is 0 Å². The number of nitrogens with zero attached hydrogens (tertiary/aromatic N) is 4. The van der Waals surface area contributed by atoms with Crippen molar-refractivity contribution in [1.29, 1.82) is 0 Å². The molecule has 0 aliphatic carbocycles. The van der Waals surface area contributed by atoms with Crippen LogP contribution < -0.4 is 0 Å². The van der Waals surface area contributed by atoms with Gasteiger partial charge in [0.05, 0.1) is 11.4 Å². The van der Waals surface area contributed by atoms with Gasteiger partial charge in [-0.1, -0.05) is 60.7 Å². The molecule has 30 heavy (non-hydrogen) atoms. The van der Waals surface area contributed by atoms with Gasteiger partial charge < -0.3 is 10.2 Å². The number of hydrogen-bond acceptors (Lipinski definition) is 6. The van der Waals surface area contributed by atoms with E-state index in [1.54, 1.807) is 12.4 Å². The van der Waals surface area contributed by atoms with Crippen molar-refractivity contribution in [2.75, 3.05) is 13.2 Å². The highest BCUT2D eigenvalue weighted by Gasteiger charge is 2.17. The van der Waals surface area contributed by atoms with E-state index >= 15 is 0 Å². The smallest absolute Gasteiger partial charge is 0.159 e. The van der Waals surface area contributed by atoms with Crippen LogP contribution in [0.4, 0.5) is 0 Å². The van der Waals surface area contributed by atoms with E-state index in [1.165, 1.54) is 0 Å². The van der Waals surface area contributed by atoms with E-state index in [4.69, 9.17) is 9.97 Å². The molecule has 0 fully saturated rings. The minimum atomic E-state index is -0.0208. The number of aromatic nitrogens is 4. The Balaban J connectivity index is 1.90. The molecule has 0 saturated carbocycles. The first-order valence-electron chi connectivity index (χ1n) is 9.85. The predicted octanol–water partition coefficient (Wildman–Crippen LogP) is 3.34. The Hall–Kier alpha value is -3.48. The maximum atomic E-state index is 9.55. The molecule has 4 aromatic rings. The molecule has 2 heterocycles. The fourth-order valence-electron chi connectivity index (χ4n) is 3.28. The van der Waals surface area contributed by atoms with Crippen LogP contribution >= 0.6 is 0 Å². The van der Waals surface area contributed by atoms with Crippen LogP contribution in [0, 0.1) is 0 Å². The maximum Gasteiger partial charge on any atom is 0.159 e. The van der Waals surface area contributed by atoms with Crippen LogP contribution in [0.15, 0.2) is 73.1 Å². The zero-order chi connectivity index (χ0) is 20.8. The molecule has 0 radical (unpaired) electrons. The van der Waals surface area contributed by atoms with Gasteiger partial charge in [0, 0.05) is 47.9 Å². The van der Waals surface area contributed by atoms with Crippen LogP contribution in [0.25, 0.3) is 34.2 Å². The molecule has 6 heteroatoms. The lowest BCUT2D eigenvalue weighted by atomic mass is 10.0. The molecule has 0 saturated heterocycles.